The first-order valence-corrected chi connectivity index (χ1v) is 8.14. The van der Waals surface area contributed by atoms with Crippen molar-refractivity contribution in [2.45, 2.75) is 0 Å². The molecule has 0 fully saturated rings. The number of hydrogen-bond donors (Lipinski definition) is 0. The molecule has 0 radical (unpaired) electrons. The second kappa shape index (κ2) is 4.93. The van der Waals surface area contributed by atoms with Crippen LogP contribution in [0.5, 0.6) is 0 Å². The molecule has 0 unspecified atom stereocenters. The third-order valence-corrected chi connectivity index (χ3v) is 4.76. The highest BCUT2D eigenvalue weighted by Crippen LogP contribution is 2.30. The van der Waals surface area contributed by atoms with Crippen molar-refractivity contribution in [1.82, 2.24) is 9.55 Å². The summed E-state index contributed by atoms with van der Waals surface area (Å²) in [5, 5.41) is 3.63. The van der Waals surface area contributed by atoms with Gasteiger partial charge in [0.05, 0.1) is 11.0 Å². The Bertz CT molecular complexity index is 1210. The predicted octanol–water partition coefficient (Wildman–Crippen LogP) is 5.55. The Morgan fingerprint density at radius 3 is 2.29 bits per heavy atom. The molecule has 114 valence electrons. The van der Waals surface area contributed by atoms with Crippen molar-refractivity contribution >= 4 is 32.7 Å². The van der Waals surface area contributed by atoms with E-state index in [2.05, 4.69) is 84.4 Å². The van der Waals surface area contributed by atoms with Crippen LogP contribution in [0.15, 0.2) is 78.9 Å². The van der Waals surface area contributed by atoms with Crippen LogP contribution in [0.4, 0.5) is 0 Å². The molecule has 0 aliphatic carbocycles. The van der Waals surface area contributed by atoms with E-state index in [0.29, 0.717) is 0 Å². The lowest BCUT2D eigenvalue weighted by Crippen LogP contribution is -1.91. The molecule has 2 heteroatoms. The van der Waals surface area contributed by atoms with E-state index in [9.17, 15) is 0 Å². The van der Waals surface area contributed by atoms with Crippen molar-refractivity contribution in [3.63, 3.8) is 0 Å². The Morgan fingerprint density at radius 2 is 1.42 bits per heavy atom. The molecule has 0 N–H and O–H groups in total. The molecule has 2 nitrogen and oxygen atoms in total. The van der Waals surface area contributed by atoms with Crippen LogP contribution in [0.2, 0.25) is 0 Å². The van der Waals surface area contributed by atoms with Gasteiger partial charge in [-0.05, 0) is 42.0 Å². The second-order valence-electron chi connectivity index (χ2n) is 6.24. The highest BCUT2D eigenvalue weighted by atomic mass is 14.9. The van der Waals surface area contributed by atoms with Crippen LogP contribution in [0.1, 0.15) is 0 Å². The van der Waals surface area contributed by atoms with Crippen molar-refractivity contribution in [2.75, 3.05) is 0 Å². The summed E-state index contributed by atoms with van der Waals surface area (Å²) in [6.07, 6.45) is 0. The molecule has 3 aromatic carbocycles. The lowest BCUT2D eigenvalue weighted by atomic mass is 10.1. The van der Waals surface area contributed by atoms with Crippen molar-refractivity contribution in [3.8, 4) is 11.3 Å². The number of rotatable bonds is 1. The summed E-state index contributed by atoms with van der Waals surface area (Å²) in [6, 6.07) is 27.8. The maximum Gasteiger partial charge on any atom is 0.0710 e. The van der Waals surface area contributed by atoms with Gasteiger partial charge in [0.25, 0.3) is 0 Å². The molecule has 0 bridgehead atoms. The molecular formula is C22H16N2. The summed E-state index contributed by atoms with van der Waals surface area (Å²) < 4.78 is 2.25. The summed E-state index contributed by atoms with van der Waals surface area (Å²) in [5.74, 6) is 0. The van der Waals surface area contributed by atoms with Gasteiger partial charge in [0.2, 0.25) is 0 Å². The normalized spacial score (nSPS) is 11.5. The second-order valence-corrected chi connectivity index (χ2v) is 6.24. The standard InChI is InChI=1S/C22H16N2/c1-24-21-9-5-3-7-16(21)14-22(24)17-10-11-20-18(13-17)12-15-6-2-4-8-19(15)23-20/h2-14H,1H3. The first kappa shape index (κ1) is 13.3. The SMILES string of the molecule is Cn1c(-c2ccc3nc4ccccc4cc3c2)cc2ccccc21. The lowest BCUT2D eigenvalue weighted by molar-refractivity contribution is 0.978. The molecule has 0 aliphatic heterocycles. The molecular weight excluding hydrogens is 292 g/mol. The Balaban J connectivity index is 1.76. The van der Waals surface area contributed by atoms with Gasteiger partial charge in [-0.3, -0.25) is 0 Å². The summed E-state index contributed by atoms with van der Waals surface area (Å²) >= 11 is 0. The summed E-state index contributed by atoms with van der Waals surface area (Å²) in [6.45, 7) is 0. The van der Waals surface area contributed by atoms with Crippen LogP contribution in [-0.4, -0.2) is 9.55 Å². The van der Waals surface area contributed by atoms with Crippen LogP contribution in [0, 0.1) is 0 Å². The van der Waals surface area contributed by atoms with Gasteiger partial charge in [0, 0.05) is 34.4 Å². The van der Waals surface area contributed by atoms with Gasteiger partial charge in [-0.1, -0.05) is 42.5 Å². The number of hydrogen-bond acceptors (Lipinski definition) is 1. The largest absolute Gasteiger partial charge is 0.344 e. The van der Waals surface area contributed by atoms with E-state index in [-0.39, 0.29) is 0 Å². The van der Waals surface area contributed by atoms with E-state index >= 15 is 0 Å². The number of fused-ring (bicyclic) bond motifs is 3. The minimum absolute atomic E-state index is 1.04. The third-order valence-electron chi connectivity index (χ3n) is 4.76. The van der Waals surface area contributed by atoms with Crippen LogP contribution in [0.25, 0.3) is 44.0 Å². The van der Waals surface area contributed by atoms with Gasteiger partial charge in [0.1, 0.15) is 0 Å². The van der Waals surface area contributed by atoms with Gasteiger partial charge in [-0.15, -0.1) is 0 Å². The van der Waals surface area contributed by atoms with Crippen LogP contribution >= 0.6 is 0 Å². The Labute approximate surface area is 140 Å². The maximum atomic E-state index is 4.77. The molecule has 5 aromatic rings. The van der Waals surface area contributed by atoms with Crippen molar-refractivity contribution < 1.29 is 0 Å². The van der Waals surface area contributed by atoms with Crippen molar-refractivity contribution in [3.05, 3.63) is 78.9 Å². The van der Waals surface area contributed by atoms with Gasteiger partial charge in [-0.25, -0.2) is 4.98 Å². The third kappa shape index (κ3) is 1.93. The monoisotopic (exact) mass is 308 g/mol. The maximum absolute atomic E-state index is 4.77. The Kier molecular flexibility index (Phi) is 2.74. The molecule has 0 saturated heterocycles. The van der Waals surface area contributed by atoms with Gasteiger partial charge >= 0.3 is 0 Å². The van der Waals surface area contributed by atoms with Gasteiger partial charge in [-0.2, -0.15) is 0 Å². The average molecular weight is 308 g/mol. The zero-order valence-corrected chi connectivity index (χ0v) is 13.4. The molecule has 24 heavy (non-hydrogen) atoms. The van der Waals surface area contributed by atoms with Gasteiger partial charge < -0.3 is 4.57 Å². The van der Waals surface area contributed by atoms with Crippen molar-refractivity contribution in [2.24, 2.45) is 7.05 Å². The molecule has 0 atom stereocenters. The Morgan fingerprint density at radius 1 is 0.667 bits per heavy atom. The molecule has 5 rings (SSSR count). The first-order chi connectivity index (χ1) is 11.8. The first-order valence-electron chi connectivity index (χ1n) is 8.14. The highest BCUT2D eigenvalue weighted by molar-refractivity contribution is 5.95. The zero-order chi connectivity index (χ0) is 16.1. The molecule has 2 heterocycles. The number of aryl methyl sites for hydroxylation is 1. The van der Waals surface area contributed by atoms with E-state index in [0.717, 1.165) is 11.0 Å². The predicted molar refractivity (Wildman–Crippen MR) is 101 cm³/mol. The quantitative estimate of drug-likeness (QED) is 0.371. The highest BCUT2D eigenvalue weighted by Gasteiger charge is 2.08. The number of aromatic nitrogens is 2. The lowest BCUT2D eigenvalue weighted by Gasteiger charge is -2.07. The number of benzene rings is 3. The number of nitrogens with zero attached hydrogens (tertiary/aromatic N) is 2. The van der Waals surface area contributed by atoms with E-state index in [1.165, 1.54) is 32.9 Å². The zero-order valence-electron chi connectivity index (χ0n) is 13.4. The summed E-state index contributed by atoms with van der Waals surface area (Å²) in [7, 11) is 2.13. The average Bonchev–Trinajstić information content (AvgIpc) is 2.97. The summed E-state index contributed by atoms with van der Waals surface area (Å²) in [4.78, 5) is 4.77. The number of pyridine rings is 1. The minimum Gasteiger partial charge on any atom is -0.344 e. The molecule has 0 spiro atoms. The number of para-hydroxylation sites is 2. The molecule has 0 aliphatic rings. The van der Waals surface area contributed by atoms with E-state index < -0.39 is 0 Å². The van der Waals surface area contributed by atoms with E-state index in [1.807, 2.05) is 6.07 Å². The van der Waals surface area contributed by atoms with E-state index in [4.69, 9.17) is 4.98 Å². The van der Waals surface area contributed by atoms with E-state index in [1.54, 1.807) is 0 Å². The Hall–Kier alpha value is -3.13. The van der Waals surface area contributed by atoms with Crippen LogP contribution in [-0.2, 0) is 7.05 Å². The van der Waals surface area contributed by atoms with Crippen LogP contribution < -0.4 is 0 Å². The fraction of sp³-hybridized carbons (Fsp3) is 0.0455. The van der Waals surface area contributed by atoms with Crippen molar-refractivity contribution in [1.29, 1.82) is 0 Å². The molecule has 0 amide bonds. The topological polar surface area (TPSA) is 17.8 Å². The molecule has 2 aromatic heterocycles. The smallest absolute Gasteiger partial charge is 0.0710 e. The summed E-state index contributed by atoms with van der Waals surface area (Å²) in [5.41, 5.74) is 5.78. The minimum atomic E-state index is 1.04. The fourth-order valence-corrected chi connectivity index (χ4v) is 3.51. The van der Waals surface area contributed by atoms with Crippen LogP contribution in [0.3, 0.4) is 0 Å². The molecule has 0 saturated carbocycles. The van der Waals surface area contributed by atoms with Gasteiger partial charge in [0.15, 0.2) is 0 Å². The fourth-order valence-electron chi connectivity index (χ4n) is 3.51.